The summed E-state index contributed by atoms with van der Waals surface area (Å²) in [6, 6.07) is 11.9. The van der Waals surface area contributed by atoms with E-state index in [0.29, 0.717) is 17.9 Å². The predicted molar refractivity (Wildman–Crippen MR) is 154 cm³/mol. The Morgan fingerprint density at radius 2 is 1.63 bits per heavy atom. The number of carbonyl (C=O) groups excluding carboxylic acids is 1. The number of likely N-dealkylation sites (N-methyl/N-ethyl adjacent to an activating group) is 3. The van der Waals surface area contributed by atoms with E-state index >= 15 is 0 Å². The number of H-pyrrole nitrogens is 1. The number of ether oxygens (including phenoxy) is 1. The zero-order valence-electron chi connectivity index (χ0n) is 23.1. The Hall–Kier alpha value is -3.95. The van der Waals surface area contributed by atoms with Crippen molar-refractivity contribution in [1.29, 1.82) is 0 Å². The van der Waals surface area contributed by atoms with Crippen molar-refractivity contribution in [3.63, 3.8) is 0 Å². The zero-order valence-corrected chi connectivity index (χ0v) is 23.1. The molecule has 200 valence electrons. The second-order valence-electron chi connectivity index (χ2n) is 9.90. The molecule has 4 aromatic rings. The second kappa shape index (κ2) is 12.1. The van der Waals surface area contributed by atoms with Crippen LogP contribution in [-0.4, -0.2) is 99.2 Å². The summed E-state index contributed by atoms with van der Waals surface area (Å²) in [5, 5.41) is 4.01. The molecule has 0 fully saturated rings. The summed E-state index contributed by atoms with van der Waals surface area (Å²) in [5.41, 5.74) is 5.02. The SMILES string of the molecule is COc1ccccc1-c1c[nH]c2ncc(-c3cnc(N(C)CCN(C)C)c(C(=O)NCCN(C)C)c3)cc12. The third kappa shape index (κ3) is 6.12. The summed E-state index contributed by atoms with van der Waals surface area (Å²) >= 11 is 0. The molecular weight excluding hydrogens is 478 g/mol. The van der Waals surface area contributed by atoms with Crippen molar-refractivity contribution in [3.8, 4) is 28.0 Å². The van der Waals surface area contributed by atoms with Crippen LogP contribution in [0, 0.1) is 0 Å². The van der Waals surface area contributed by atoms with E-state index in [-0.39, 0.29) is 5.91 Å². The van der Waals surface area contributed by atoms with E-state index in [2.05, 4.69) is 26.3 Å². The van der Waals surface area contributed by atoms with E-state index in [1.165, 1.54) is 0 Å². The molecule has 0 bridgehead atoms. The van der Waals surface area contributed by atoms with Crippen LogP contribution in [0.3, 0.4) is 0 Å². The van der Waals surface area contributed by atoms with Gasteiger partial charge in [0.1, 0.15) is 17.2 Å². The number of nitrogens with one attached hydrogen (secondary N) is 2. The minimum Gasteiger partial charge on any atom is -0.496 e. The fourth-order valence-corrected chi connectivity index (χ4v) is 4.28. The molecule has 9 nitrogen and oxygen atoms in total. The number of aromatic nitrogens is 3. The van der Waals surface area contributed by atoms with Gasteiger partial charge in [0.2, 0.25) is 0 Å². The number of para-hydroxylation sites is 1. The average molecular weight is 516 g/mol. The zero-order chi connectivity index (χ0) is 27.2. The lowest BCUT2D eigenvalue weighted by atomic mass is 10.0. The monoisotopic (exact) mass is 515 g/mol. The summed E-state index contributed by atoms with van der Waals surface area (Å²) < 4.78 is 5.59. The topological polar surface area (TPSA) is 89.6 Å². The molecule has 1 amide bonds. The van der Waals surface area contributed by atoms with Crippen LogP contribution in [0.2, 0.25) is 0 Å². The van der Waals surface area contributed by atoms with Crippen LogP contribution in [-0.2, 0) is 0 Å². The molecule has 0 aliphatic carbocycles. The van der Waals surface area contributed by atoms with Gasteiger partial charge in [-0.15, -0.1) is 0 Å². The van der Waals surface area contributed by atoms with Crippen LogP contribution < -0.4 is 15.0 Å². The molecule has 9 heteroatoms. The van der Waals surface area contributed by atoms with E-state index < -0.39 is 0 Å². The number of nitrogens with zero attached hydrogens (tertiary/aromatic N) is 5. The number of pyridine rings is 2. The molecule has 0 saturated carbocycles. The molecule has 3 heterocycles. The van der Waals surface area contributed by atoms with E-state index in [0.717, 1.165) is 58.7 Å². The summed E-state index contributed by atoms with van der Waals surface area (Å²) in [6.07, 6.45) is 5.57. The molecule has 0 unspecified atom stereocenters. The van der Waals surface area contributed by atoms with Crippen LogP contribution in [0.4, 0.5) is 5.82 Å². The van der Waals surface area contributed by atoms with Crippen LogP contribution in [0.5, 0.6) is 5.75 Å². The van der Waals surface area contributed by atoms with E-state index in [9.17, 15) is 4.79 Å². The Morgan fingerprint density at radius 1 is 0.921 bits per heavy atom. The number of carbonyl (C=O) groups is 1. The molecule has 0 spiro atoms. The molecule has 2 N–H and O–H groups in total. The van der Waals surface area contributed by atoms with E-state index in [4.69, 9.17) is 9.72 Å². The van der Waals surface area contributed by atoms with Crippen molar-refractivity contribution in [2.24, 2.45) is 0 Å². The van der Waals surface area contributed by atoms with E-state index in [1.807, 2.05) is 94.0 Å². The molecule has 0 atom stereocenters. The van der Waals surface area contributed by atoms with Gasteiger partial charge in [-0.25, -0.2) is 9.97 Å². The first-order valence-corrected chi connectivity index (χ1v) is 12.7. The second-order valence-corrected chi connectivity index (χ2v) is 9.90. The summed E-state index contributed by atoms with van der Waals surface area (Å²) in [4.78, 5) is 32.2. The van der Waals surface area contributed by atoms with Gasteiger partial charge < -0.3 is 29.7 Å². The number of methoxy groups -OCH3 is 1. The van der Waals surface area contributed by atoms with Gasteiger partial charge in [0.05, 0.1) is 12.7 Å². The molecule has 0 aliphatic rings. The standard InChI is InChI=1S/C29H37N7O2/c1-34(2)12-11-30-29(37)24-16-21(18-33-28(24)36(5)14-13-35(3)4)20-15-23-25(19-32-27(23)31-17-20)22-9-7-8-10-26(22)38-6/h7-10,15-19H,11-14H2,1-6H3,(H,30,37)(H,31,32). The Balaban J connectivity index is 1.73. The number of aromatic amines is 1. The van der Waals surface area contributed by atoms with Gasteiger partial charge in [0, 0.05) is 79.5 Å². The molecule has 1 aromatic carbocycles. The number of fused-ring (bicyclic) bond motifs is 1. The largest absolute Gasteiger partial charge is 0.496 e. The van der Waals surface area contributed by atoms with Gasteiger partial charge in [0.25, 0.3) is 5.91 Å². The van der Waals surface area contributed by atoms with Crippen LogP contribution in [0.15, 0.2) is 55.0 Å². The Morgan fingerprint density at radius 3 is 2.37 bits per heavy atom. The average Bonchev–Trinajstić information content (AvgIpc) is 3.34. The molecule has 38 heavy (non-hydrogen) atoms. The predicted octanol–water partition coefficient (Wildman–Crippen LogP) is 3.59. The van der Waals surface area contributed by atoms with Crippen molar-refractivity contribution in [1.82, 2.24) is 30.1 Å². The van der Waals surface area contributed by atoms with Crippen LogP contribution in [0.1, 0.15) is 10.4 Å². The maximum Gasteiger partial charge on any atom is 0.255 e. The van der Waals surface area contributed by atoms with Gasteiger partial charge in [-0.1, -0.05) is 18.2 Å². The third-order valence-corrected chi connectivity index (χ3v) is 6.46. The van der Waals surface area contributed by atoms with Crippen molar-refractivity contribution in [2.45, 2.75) is 0 Å². The highest BCUT2D eigenvalue weighted by atomic mass is 16.5. The number of hydrogen-bond donors (Lipinski definition) is 2. The maximum atomic E-state index is 13.3. The minimum atomic E-state index is -0.140. The summed E-state index contributed by atoms with van der Waals surface area (Å²) in [7, 11) is 11.7. The lowest BCUT2D eigenvalue weighted by Crippen LogP contribution is -2.34. The number of hydrogen-bond acceptors (Lipinski definition) is 7. The van der Waals surface area contributed by atoms with Gasteiger partial charge >= 0.3 is 0 Å². The molecule has 0 aliphatic heterocycles. The van der Waals surface area contributed by atoms with Crippen LogP contribution >= 0.6 is 0 Å². The van der Waals surface area contributed by atoms with Crippen LogP contribution in [0.25, 0.3) is 33.3 Å². The molecule has 0 saturated heterocycles. The molecular formula is C29H37N7O2. The first kappa shape index (κ1) is 27.1. The minimum absolute atomic E-state index is 0.140. The van der Waals surface area contributed by atoms with Gasteiger partial charge in [0.15, 0.2) is 0 Å². The van der Waals surface area contributed by atoms with Gasteiger partial charge in [-0.05, 0) is 46.4 Å². The summed E-state index contributed by atoms with van der Waals surface area (Å²) in [5.74, 6) is 1.31. The van der Waals surface area contributed by atoms with Gasteiger partial charge in [-0.3, -0.25) is 4.79 Å². The van der Waals surface area contributed by atoms with Crippen molar-refractivity contribution in [3.05, 3.63) is 60.6 Å². The number of rotatable bonds is 11. The molecule has 0 radical (unpaired) electrons. The highest BCUT2D eigenvalue weighted by Gasteiger charge is 2.19. The molecule has 3 aromatic heterocycles. The number of amides is 1. The lowest BCUT2D eigenvalue weighted by Gasteiger charge is -2.23. The Labute approximate surface area is 224 Å². The van der Waals surface area contributed by atoms with Crippen molar-refractivity contribution >= 4 is 22.8 Å². The Kier molecular flexibility index (Phi) is 8.60. The quantitative estimate of drug-likeness (QED) is 0.316. The highest BCUT2D eigenvalue weighted by molar-refractivity contribution is 6.01. The molecule has 4 rings (SSSR count). The van der Waals surface area contributed by atoms with E-state index in [1.54, 1.807) is 7.11 Å². The fourth-order valence-electron chi connectivity index (χ4n) is 4.28. The smallest absolute Gasteiger partial charge is 0.255 e. The highest BCUT2D eigenvalue weighted by Crippen LogP contribution is 2.36. The normalized spacial score (nSPS) is 11.4. The summed E-state index contributed by atoms with van der Waals surface area (Å²) in [6.45, 7) is 2.90. The van der Waals surface area contributed by atoms with Gasteiger partial charge in [-0.2, -0.15) is 0 Å². The first-order valence-electron chi connectivity index (χ1n) is 12.7. The lowest BCUT2D eigenvalue weighted by molar-refractivity contribution is 0.0951. The third-order valence-electron chi connectivity index (χ3n) is 6.46. The maximum absolute atomic E-state index is 13.3. The number of anilines is 1. The first-order chi connectivity index (χ1) is 18.3. The Bertz CT molecular complexity index is 1400. The fraction of sp³-hybridized carbons (Fsp3) is 0.345. The number of benzene rings is 1. The van der Waals surface area contributed by atoms with Crippen molar-refractivity contribution in [2.75, 3.05) is 73.4 Å². The van der Waals surface area contributed by atoms with Crippen molar-refractivity contribution < 1.29 is 9.53 Å².